The van der Waals surface area contributed by atoms with Crippen LogP contribution in [0.2, 0.25) is 0 Å². The molecule has 0 spiro atoms. The summed E-state index contributed by atoms with van der Waals surface area (Å²) < 4.78 is 45.0. The van der Waals surface area contributed by atoms with Crippen LogP contribution < -0.4 is 5.32 Å². The fourth-order valence-electron chi connectivity index (χ4n) is 1.44. The van der Waals surface area contributed by atoms with Crippen molar-refractivity contribution in [1.29, 1.82) is 0 Å². The SMILES string of the molecule is Cc1cc(NC(=O)C(C)S(C)(=O)=O)ccc1S(=O)(=O)Cl. The summed E-state index contributed by atoms with van der Waals surface area (Å²) in [5.41, 5.74) is 0.650. The minimum Gasteiger partial charge on any atom is -0.325 e. The van der Waals surface area contributed by atoms with Gasteiger partial charge in [0, 0.05) is 22.6 Å². The lowest BCUT2D eigenvalue weighted by atomic mass is 10.2. The molecular weight excluding hydrogens is 326 g/mol. The van der Waals surface area contributed by atoms with Gasteiger partial charge < -0.3 is 5.32 Å². The van der Waals surface area contributed by atoms with E-state index in [-0.39, 0.29) is 4.90 Å². The van der Waals surface area contributed by atoms with E-state index >= 15 is 0 Å². The molecule has 0 heterocycles. The van der Waals surface area contributed by atoms with Gasteiger partial charge in [0.15, 0.2) is 9.84 Å². The van der Waals surface area contributed by atoms with Gasteiger partial charge in [0.2, 0.25) is 5.91 Å². The minimum atomic E-state index is -3.85. The molecule has 0 aliphatic carbocycles. The number of nitrogens with one attached hydrogen (secondary N) is 1. The Labute approximate surface area is 122 Å². The first-order chi connectivity index (χ1) is 8.93. The number of carbonyl (C=O) groups is 1. The van der Waals surface area contributed by atoms with E-state index in [1.54, 1.807) is 0 Å². The number of anilines is 1. The Bertz CT molecular complexity index is 740. The van der Waals surface area contributed by atoms with Crippen LogP contribution in [0, 0.1) is 6.92 Å². The van der Waals surface area contributed by atoms with Gasteiger partial charge in [-0.3, -0.25) is 4.79 Å². The zero-order valence-corrected chi connectivity index (χ0v) is 13.4. The summed E-state index contributed by atoms with van der Waals surface area (Å²) in [6.45, 7) is 2.79. The lowest BCUT2D eigenvalue weighted by Gasteiger charge is -2.11. The zero-order chi connectivity index (χ0) is 15.7. The molecule has 0 bridgehead atoms. The van der Waals surface area contributed by atoms with Gasteiger partial charge in [0.1, 0.15) is 5.25 Å². The molecule has 0 aliphatic heterocycles. The molecule has 20 heavy (non-hydrogen) atoms. The van der Waals surface area contributed by atoms with Crippen molar-refractivity contribution >= 4 is 41.2 Å². The Morgan fingerprint density at radius 2 is 1.80 bits per heavy atom. The van der Waals surface area contributed by atoms with E-state index in [2.05, 4.69) is 5.32 Å². The molecule has 0 saturated carbocycles. The summed E-state index contributed by atoms with van der Waals surface area (Å²) in [7, 11) is -2.11. The van der Waals surface area contributed by atoms with Crippen LogP contribution >= 0.6 is 10.7 Å². The first-order valence-electron chi connectivity index (χ1n) is 5.48. The molecule has 1 unspecified atom stereocenters. The molecule has 0 saturated heterocycles. The van der Waals surface area contributed by atoms with Crippen LogP contribution in [-0.4, -0.2) is 34.2 Å². The van der Waals surface area contributed by atoms with E-state index in [9.17, 15) is 21.6 Å². The van der Waals surface area contributed by atoms with Crippen LogP contribution in [0.3, 0.4) is 0 Å². The molecular formula is C11H14ClNO5S2. The first kappa shape index (κ1) is 16.9. The average molecular weight is 340 g/mol. The van der Waals surface area contributed by atoms with Gasteiger partial charge in [0.05, 0.1) is 4.90 Å². The van der Waals surface area contributed by atoms with E-state index in [0.29, 0.717) is 11.3 Å². The maximum atomic E-state index is 11.7. The number of hydrogen-bond acceptors (Lipinski definition) is 5. The van der Waals surface area contributed by atoms with Crippen molar-refractivity contribution in [1.82, 2.24) is 0 Å². The zero-order valence-electron chi connectivity index (χ0n) is 11.0. The molecule has 0 radical (unpaired) electrons. The smallest absolute Gasteiger partial charge is 0.261 e. The molecule has 1 N–H and O–H groups in total. The van der Waals surface area contributed by atoms with Crippen LogP contribution in [0.5, 0.6) is 0 Å². The highest BCUT2D eigenvalue weighted by Gasteiger charge is 2.23. The number of hydrogen-bond donors (Lipinski definition) is 1. The van der Waals surface area contributed by atoms with Gasteiger partial charge in [-0.05, 0) is 37.6 Å². The molecule has 1 amide bonds. The minimum absolute atomic E-state index is 0.0617. The fourth-order valence-corrected chi connectivity index (χ4v) is 3.08. The van der Waals surface area contributed by atoms with Gasteiger partial charge >= 0.3 is 0 Å². The largest absolute Gasteiger partial charge is 0.325 e. The number of amides is 1. The number of benzene rings is 1. The number of carbonyl (C=O) groups excluding carboxylic acids is 1. The summed E-state index contributed by atoms with van der Waals surface area (Å²) in [5.74, 6) is -0.687. The lowest BCUT2D eigenvalue weighted by molar-refractivity contribution is -0.115. The molecule has 1 rings (SSSR count). The Kier molecular flexibility index (Phi) is 4.83. The highest BCUT2D eigenvalue weighted by Crippen LogP contribution is 2.23. The number of sulfone groups is 1. The summed E-state index contributed by atoms with van der Waals surface area (Å²) in [6, 6.07) is 4.00. The molecule has 9 heteroatoms. The quantitative estimate of drug-likeness (QED) is 0.834. The second kappa shape index (κ2) is 5.71. The Morgan fingerprint density at radius 3 is 2.20 bits per heavy atom. The highest BCUT2D eigenvalue weighted by molar-refractivity contribution is 8.13. The summed E-state index contributed by atoms with van der Waals surface area (Å²) >= 11 is 0. The number of aryl methyl sites for hydroxylation is 1. The van der Waals surface area contributed by atoms with Gasteiger partial charge in [-0.1, -0.05) is 0 Å². The third-order valence-electron chi connectivity index (χ3n) is 2.72. The molecule has 1 aromatic carbocycles. The summed E-state index contributed by atoms with van der Waals surface area (Å²) in [5, 5.41) is 1.22. The maximum absolute atomic E-state index is 11.7. The normalized spacial score (nSPS) is 13.8. The molecule has 112 valence electrons. The fraction of sp³-hybridized carbons (Fsp3) is 0.364. The van der Waals surface area contributed by atoms with Crippen LogP contribution in [0.25, 0.3) is 0 Å². The Hall–Kier alpha value is -1.12. The van der Waals surface area contributed by atoms with Crippen molar-refractivity contribution in [3.63, 3.8) is 0 Å². The Balaban J connectivity index is 3.02. The van der Waals surface area contributed by atoms with E-state index in [4.69, 9.17) is 10.7 Å². The van der Waals surface area contributed by atoms with Gasteiger partial charge in [-0.2, -0.15) is 0 Å². The van der Waals surface area contributed by atoms with Crippen LogP contribution in [0.4, 0.5) is 5.69 Å². The van der Waals surface area contributed by atoms with Crippen molar-refractivity contribution in [3.8, 4) is 0 Å². The summed E-state index contributed by atoms with van der Waals surface area (Å²) in [4.78, 5) is 11.7. The average Bonchev–Trinajstić information content (AvgIpc) is 2.24. The van der Waals surface area contributed by atoms with Gasteiger partial charge in [-0.15, -0.1) is 0 Å². The van der Waals surface area contributed by atoms with Crippen LogP contribution in [0.1, 0.15) is 12.5 Å². The van der Waals surface area contributed by atoms with E-state index in [1.165, 1.54) is 32.0 Å². The Morgan fingerprint density at radius 1 is 1.25 bits per heavy atom. The third-order valence-corrected chi connectivity index (χ3v) is 5.70. The van der Waals surface area contributed by atoms with Crippen LogP contribution in [0.15, 0.2) is 23.1 Å². The summed E-state index contributed by atoms with van der Waals surface area (Å²) in [6.07, 6.45) is 0.964. The van der Waals surface area contributed by atoms with Crippen molar-refractivity contribution < 1.29 is 21.6 Å². The van der Waals surface area contributed by atoms with E-state index in [1.807, 2.05) is 0 Å². The van der Waals surface area contributed by atoms with Crippen molar-refractivity contribution in [2.75, 3.05) is 11.6 Å². The van der Waals surface area contributed by atoms with Crippen molar-refractivity contribution in [2.45, 2.75) is 24.0 Å². The predicted octanol–water partition coefficient (Wildman–Crippen LogP) is 1.29. The number of rotatable bonds is 4. The topological polar surface area (TPSA) is 97.4 Å². The van der Waals surface area contributed by atoms with Crippen molar-refractivity contribution in [2.24, 2.45) is 0 Å². The second-order valence-electron chi connectivity index (χ2n) is 4.38. The number of halogens is 1. The third kappa shape index (κ3) is 4.19. The molecule has 1 atom stereocenters. The molecule has 0 aromatic heterocycles. The maximum Gasteiger partial charge on any atom is 0.261 e. The standard InChI is InChI=1S/C11H14ClNO5S2/c1-7-6-9(4-5-10(7)20(12,17)18)13-11(14)8(2)19(3,15)16/h4-6,8H,1-3H3,(H,13,14). The van der Waals surface area contributed by atoms with Gasteiger partial charge in [-0.25, -0.2) is 16.8 Å². The highest BCUT2D eigenvalue weighted by atomic mass is 35.7. The predicted molar refractivity (Wildman–Crippen MR) is 77.2 cm³/mol. The first-order valence-corrected chi connectivity index (χ1v) is 9.74. The molecule has 6 nitrogen and oxygen atoms in total. The monoisotopic (exact) mass is 339 g/mol. The second-order valence-corrected chi connectivity index (χ2v) is 9.28. The molecule has 0 fully saturated rings. The lowest BCUT2D eigenvalue weighted by Crippen LogP contribution is -2.31. The molecule has 0 aliphatic rings. The van der Waals surface area contributed by atoms with E-state index < -0.39 is 30.0 Å². The van der Waals surface area contributed by atoms with Crippen LogP contribution in [-0.2, 0) is 23.7 Å². The van der Waals surface area contributed by atoms with Gasteiger partial charge in [0.25, 0.3) is 9.05 Å². The van der Waals surface area contributed by atoms with Crippen molar-refractivity contribution in [3.05, 3.63) is 23.8 Å². The molecule has 1 aromatic rings. The van der Waals surface area contributed by atoms with E-state index in [0.717, 1.165) is 6.26 Å².